The molecule has 0 atom stereocenters. The maximum absolute atomic E-state index is 11.8. The maximum atomic E-state index is 11.8. The number of anilines is 1. The molecule has 1 fully saturated rings. The Kier molecular flexibility index (Phi) is 4.79. The number of allylic oxidation sites excluding steroid dienone is 1. The summed E-state index contributed by atoms with van der Waals surface area (Å²) < 4.78 is 5.94. The lowest BCUT2D eigenvalue weighted by atomic mass is 9.94. The molecule has 1 heterocycles. The van der Waals surface area contributed by atoms with Gasteiger partial charge in [-0.15, -0.1) is 0 Å². The molecule has 1 aromatic carbocycles. The van der Waals surface area contributed by atoms with Gasteiger partial charge in [-0.3, -0.25) is 9.79 Å². The molecule has 5 N–H and O–H groups in total. The molecule has 3 rings (SSSR count). The van der Waals surface area contributed by atoms with Gasteiger partial charge in [0.1, 0.15) is 5.75 Å². The number of aliphatic imine (C=N–C) groups is 1. The molecule has 2 aliphatic rings. The molecule has 1 saturated carbocycles. The van der Waals surface area contributed by atoms with E-state index in [1.54, 1.807) is 14.0 Å². The SMILES string of the molecule is C/N=C(C1=Cc2ccc(OC3CCC3)cc2NC1)\C(C(N)=O)=C(/C)N. The summed E-state index contributed by atoms with van der Waals surface area (Å²) in [5.41, 5.74) is 15.4. The van der Waals surface area contributed by atoms with Crippen molar-refractivity contribution < 1.29 is 9.53 Å². The summed E-state index contributed by atoms with van der Waals surface area (Å²) in [6.45, 7) is 2.19. The minimum atomic E-state index is -0.573. The van der Waals surface area contributed by atoms with Crippen molar-refractivity contribution in [2.75, 3.05) is 18.9 Å². The highest BCUT2D eigenvalue weighted by Gasteiger charge is 2.23. The molecule has 0 radical (unpaired) electrons. The second-order valence-electron chi connectivity index (χ2n) is 6.44. The number of carbonyl (C=O) groups excluding carboxylic acids is 1. The molecule has 0 aromatic heterocycles. The molecule has 0 bridgehead atoms. The number of hydrogen-bond acceptors (Lipinski definition) is 5. The highest BCUT2D eigenvalue weighted by Crippen LogP contribution is 2.32. The molecule has 1 aliphatic heterocycles. The van der Waals surface area contributed by atoms with Crippen LogP contribution >= 0.6 is 0 Å². The number of carbonyl (C=O) groups is 1. The van der Waals surface area contributed by atoms with Crippen molar-refractivity contribution >= 4 is 23.4 Å². The van der Waals surface area contributed by atoms with Crippen LogP contribution in [0.25, 0.3) is 6.08 Å². The second-order valence-corrected chi connectivity index (χ2v) is 6.44. The monoisotopic (exact) mass is 340 g/mol. The van der Waals surface area contributed by atoms with Crippen molar-refractivity contribution in [3.63, 3.8) is 0 Å². The third kappa shape index (κ3) is 3.52. The molecule has 0 saturated heterocycles. The smallest absolute Gasteiger partial charge is 0.252 e. The predicted octanol–water partition coefficient (Wildman–Crippen LogP) is 2.22. The fraction of sp³-hybridized carbons (Fsp3) is 0.368. The Morgan fingerprint density at radius 3 is 2.64 bits per heavy atom. The van der Waals surface area contributed by atoms with Crippen LogP contribution in [0.1, 0.15) is 31.7 Å². The fourth-order valence-electron chi connectivity index (χ4n) is 3.06. The van der Waals surface area contributed by atoms with Crippen LogP contribution < -0.4 is 21.5 Å². The number of hydrogen-bond donors (Lipinski definition) is 3. The molecule has 6 heteroatoms. The molecule has 6 nitrogen and oxygen atoms in total. The lowest BCUT2D eigenvalue weighted by molar-refractivity contribution is -0.114. The fourth-order valence-corrected chi connectivity index (χ4v) is 3.06. The molecule has 0 unspecified atom stereocenters. The van der Waals surface area contributed by atoms with Crippen LogP contribution in [0.4, 0.5) is 5.69 Å². The van der Waals surface area contributed by atoms with E-state index in [0.717, 1.165) is 35.4 Å². The van der Waals surface area contributed by atoms with Crippen molar-refractivity contribution in [3.8, 4) is 5.75 Å². The third-order valence-electron chi connectivity index (χ3n) is 4.58. The van der Waals surface area contributed by atoms with Crippen molar-refractivity contribution in [2.45, 2.75) is 32.3 Å². The summed E-state index contributed by atoms with van der Waals surface area (Å²) >= 11 is 0. The quantitative estimate of drug-likeness (QED) is 0.565. The molecule has 132 valence electrons. The van der Waals surface area contributed by atoms with Crippen LogP contribution in [0, 0.1) is 0 Å². The lowest BCUT2D eigenvalue weighted by Gasteiger charge is -2.27. The molecule has 25 heavy (non-hydrogen) atoms. The summed E-state index contributed by atoms with van der Waals surface area (Å²) in [5, 5.41) is 3.37. The van der Waals surface area contributed by atoms with Crippen LogP contribution in [0.3, 0.4) is 0 Å². The first-order valence-corrected chi connectivity index (χ1v) is 8.48. The molecule has 1 aromatic rings. The number of nitrogens with zero attached hydrogens (tertiary/aromatic N) is 1. The average molecular weight is 340 g/mol. The molecular weight excluding hydrogens is 316 g/mol. The molecule has 0 spiro atoms. The molecule has 1 amide bonds. The van der Waals surface area contributed by atoms with Crippen molar-refractivity contribution in [1.82, 2.24) is 0 Å². The number of amides is 1. The number of rotatable bonds is 5. The van der Waals surface area contributed by atoms with E-state index >= 15 is 0 Å². The number of ether oxygens (including phenoxy) is 1. The van der Waals surface area contributed by atoms with Crippen molar-refractivity contribution in [2.24, 2.45) is 16.5 Å². The summed E-state index contributed by atoms with van der Waals surface area (Å²) in [5.74, 6) is 0.309. The first kappa shape index (κ1) is 17.1. The van der Waals surface area contributed by atoms with Crippen LogP contribution in [0.2, 0.25) is 0 Å². The normalized spacial score (nSPS) is 18.3. The van der Waals surface area contributed by atoms with Gasteiger partial charge in [-0.1, -0.05) is 0 Å². The van der Waals surface area contributed by atoms with Gasteiger partial charge in [0.15, 0.2) is 0 Å². The van der Waals surface area contributed by atoms with E-state index in [4.69, 9.17) is 16.2 Å². The van der Waals surface area contributed by atoms with E-state index in [-0.39, 0.29) is 5.57 Å². The Labute approximate surface area is 147 Å². The summed E-state index contributed by atoms with van der Waals surface area (Å²) in [6, 6.07) is 5.99. The summed E-state index contributed by atoms with van der Waals surface area (Å²) in [7, 11) is 1.63. The second kappa shape index (κ2) is 7.01. The number of primary amides is 1. The average Bonchev–Trinajstić information content (AvgIpc) is 2.54. The minimum absolute atomic E-state index is 0.268. The van der Waals surface area contributed by atoms with Gasteiger partial charge in [0, 0.05) is 31.0 Å². The first-order chi connectivity index (χ1) is 12.0. The van der Waals surface area contributed by atoms with Gasteiger partial charge >= 0.3 is 0 Å². The van der Waals surface area contributed by atoms with E-state index in [2.05, 4.69) is 10.3 Å². The van der Waals surface area contributed by atoms with Crippen molar-refractivity contribution in [1.29, 1.82) is 0 Å². The summed E-state index contributed by atoms with van der Waals surface area (Å²) in [4.78, 5) is 16.0. The number of benzene rings is 1. The molecular formula is C19H24N4O2. The zero-order chi connectivity index (χ0) is 18.0. The van der Waals surface area contributed by atoms with Crippen LogP contribution in [0.15, 0.2) is 40.0 Å². The Balaban J connectivity index is 1.88. The Bertz CT molecular complexity index is 785. The highest BCUT2D eigenvalue weighted by molar-refractivity contribution is 6.29. The zero-order valence-corrected chi connectivity index (χ0v) is 14.6. The van der Waals surface area contributed by atoms with Gasteiger partial charge in [-0.2, -0.15) is 0 Å². The standard InChI is InChI=1S/C19H24N4O2/c1-11(20)17(19(21)24)18(22-2)13-8-12-6-7-15(9-16(12)23-10-13)25-14-4-3-5-14/h6-9,14,23H,3-5,10,20H2,1-2H3,(H2,21,24)/b17-11-,22-18-. The van der Waals surface area contributed by atoms with Gasteiger partial charge < -0.3 is 21.5 Å². The first-order valence-electron chi connectivity index (χ1n) is 8.48. The summed E-state index contributed by atoms with van der Waals surface area (Å²) in [6.07, 6.45) is 5.86. The van der Waals surface area contributed by atoms with Gasteiger partial charge in [0.25, 0.3) is 5.91 Å². The Hall–Kier alpha value is -2.76. The van der Waals surface area contributed by atoms with Crippen LogP contribution in [-0.2, 0) is 4.79 Å². The van der Waals surface area contributed by atoms with E-state index in [1.807, 2.05) is 24.3 Å². The van der Waals surface area contributed by atoms with Crippen molar-refractivity contribution in [3.05, 3.63) is 40.6 Å². The van der Waals surface area contributed by atoms with Gasteiger partial charge in [0.2, 0.25) is 0 Å². The van der Waals surface area contributed by atoms with E-state index in [9.17, 15) is 4.79 Å². The van der Waals surface area contributed by atoms with E-state index in [0.29, 0.717) is 24.1 Å². The highest BCUT2D eigenvalue weighted by atomic mass is 16.5. The van der Waals surface area contributed by atoms with Crippen LogP contribution in [0.5, 0.6) is 5.75 Å². The largest absolute Gasteiger partial charge is 0.490 e. The van der Waals surface area contributed by atoms with Crippen LogP contribution in [-0.4, -0.2) is 31.3 Å². The molecule has 1 aliphatic carbocycles. The van der Waals surface area contributed by atoms with Gasteiger partial charge in [0.05, 0.1) is 17.4 Å². The zero-order valence-electron chi connectivity index (χ0n) is 14.6. The minimum Gasteiger partial charge on any atom is -0.490 e. The topological polar surface area (TPSA) is 103 Å². The lowest BCUT2D eigenvalue weighted by Crippen LogP contribution is -2.28. The Morgan fingerprint density at radius 2 is 2.08 bits per heavy atom. The number of fused-ring (bicyclic) bond motifs is 1. The van der Waals surface area contributed by atoms with Gasteiger partial charge in [-0.25, -0.2) is 0 Å². The third-order valence-corrected chi connectivity index (χ3v) is 4.58. The predicted molar refractivity (Wildman–Crippen MR) is 101 cm³/mol. The van der Waals surface area contributed by atoms with E-state index in [1.165, 1.54) is 6.42 Å². The van der Waals surface area contributed by atoms with E-state index < -0.39 is 5.91 Å². The number of nitrogens with one attached hydrogen (secondary N) is 1. The number of nitrogens with two attached hydrogens (primary N) is 2. The van der Waals surface area contributed by atoms with Gasteiger partial charge in [-0.05, 0) is 55.5 Å². The Morgan fingerprint density at radius 1 is 1.32 bits per heavy atom. The maximum Gasteiger partial charge on any atom is 0.252 e.